The second-order valence-electron chi connectivity index (χ2n) is 7.70. The number of carbonyl (C=O) groups excluding carboxylic acids is 1. The van der Waals surface area contributed by atoms with Crippen molar-refractivity contribution in [2.75, 3.05) is 0 Å². The molecule has 1 amide bonds. The molecule has 0 radical (unpaired) electrons. The maximum atomic E-state index is 14.1. The van der Waals surface area contributed by atoms with Crippen molar-refractivity contribution in [2.24, 2.45) is 0 Å². The summed E-state index contributed by atoms with van der Waals surface area (Å²) in [6.07, 6.45) is 8.36. The number of carboxylic acids is 1. The number of halogens is 1. The third-order valence-corrected chi connectivity index (χ3v) is 5.70. The van der Waals surface area contributed by atoms with Gasteiger partial charge in [-0.15, -0.1) is 0 Å². The maximum Gasteiger partial charge on any atom is 0.338 e. The highest BCUT2D eigenvalue weighted by atomic mass is 32.1. The van der Waals surface area contributed by atoms with Gasteiger partial charge >= 0.3 is 5.97 Å². The van der Waals surface area contributed by atoms with Gasteiger partial charge in [0.2, 0.25) is 5.91 Å². The molecule has 6 nitrogen and oxygen atoms in total. The molecule has 1 atom stereocenters. The third-order valence-electron chi connectivity index (χ3n) is 5.21. The molecule has 1 heterocycles. The Hall–Kier alpha value is -2.35. The van der Waals surface area contributed by atoms with Crippen LogP contribution in [0.2, 0.25) is 0 Å². The van der Waals surface area contributed by atoms with Crippen LogP contribution in [-0.2, 0) is 24.3 Å². The lowest BCUT2D eigenvalue weighted by Gasteiger charge is -2.15. The number of hydrogen-bond acceptors (Lipinski definition) is 4. The molecular weight excluding hydrogens is 417 g/mol. The van der Waals surface area contributed by atoms with Crippen molar-refractivity contribution in [3.63, 3.8) is 0 Å². The Labute approximate surface area is 188 Å². The Morgan fingerprint density at radius 2 is 1.97 bits per heavy atom. The molecular formula is C23H32FN3O3S. The first-order valence-corrected chi connectivity index (χ1v) is 11.4. The Balaban J connectivity index is 2.14. The number of nitrogens with one attached hydrogen (secondary N) is 1. The van der Waals surface area contributed by atoms with Gasteiger partial charge in [-0.05, 0) is 30.5 Å². The first kappa shape index (κ1) is 24.9. The lowest BCUT2D eigenvalue weighted by atomic mass is 10.1. The molecule has 0 aliphatic rings. The Kier molecular flexibility index (Phi) is 10.0. The van der Waals surface area contributed by atoms with Crippen molar-refractivity contribution in [3.8, 4) is 0 Å². The number of carboxylic acid groups (broad SMARTS) is 1. The molecule has 2 aromatic rings. The van der Waals surface area contributed by atoms with Gasteiger partial charge in [-0.25, -0.2) is 14.2 Å². The van der Waals surface area contributed by atoms with Crippen molar-refractivity contribution in [1.82, 2.24) is 14.9 Å². The lowest BCUT2D eigenvalue weighted by Crippen LogP contribution is -2.31. The number of amides is 1. The molecule has 1 aromatic carbocycles. The number of nitrogens with zero attached hydrogens (tertiary/aromatic N) is 2. The van der Waals surface area contributed by atoms with Crippen molar-refractivity contribution < 1.29 is 19.1 Å². The zero-order valence-electron chi connectivity index (χ0n) is 18.2. The van der Waals surface area contributed by atoms with Crippen LogP contribution in [0, 0.1) is 5.82 Å². The van der Waals surface area contributed by atoms with E-state index in [0.29, 0.717) is 18.7 Å². The van der Waals surface area contributed by atoms with Crippen LogP contribution in [0.5, 0.6) is 0 Å². The van der Waals surface area contributed by atoms with Crippen LogP contribution in [0.25, 0.3) is 0 Å². The summed E-state index contributed by atoms with van der Waals surface area (Å²) < 4.78 is 16.1. The van der Waals surface area contributed by atoms with E-state index in [2.05, 4.69) is 36.8 Å². The Morgan fingerprint density at radius 3 is 2.61 bits per heavy atom. The number of hydrogen-bond donors (Lipinski definition) is 3. The minimum Gasteiger partial charge on any atom is -0.478 e. The second-order valence-corrected chi connectivity index (χ2v) is 8.33. The zero-order chi connectivity index (χ0) is 22.8. The van der Waals surface area contributed by atoms with Crippen molar-refractivity contribution in [2.45, 2.75) is 77.1 Å². The molecule has 2 rings (SSSR count). The van der Waals surface area contributed by atoms with Crippen LogP contribution in [0.3, 0.4) is 0 Å². The fraction of sp³-hybridized carbons (Fsp3) is 0.522. The molecule has 8 heteroatoms. The number of unbranched alkanes of at least 4 members (excludes halogenated alkanes) is 3. The fourth-order valence-corrected chi connectivity index (χ4v) is 3.62. The first-order chi connectivity index (χ1) is 14.9. The number of carbonyl (C=O) groups is 2. The zero-order valence-corrected chi connectivity index (χ0v) is 19.1. The number of thiol groups is 1. The van der Waals surface area contributed by atoms with Crippen molar-refractivity contribution in [3.05, 3.63) is 52.9 Å². The smallest absolute Gasteiger partial charge is 0.338 e. The number of imidazole rings is 1. The van der Waals surface area contributed by atoms with E-state index in [1.54, 1.807) is 12.3 Å². The molecule has 1 unspecified atom stereocenters. The van der Waals surface area contributed by atoms with Crippen LogP contribution < -0.4 is 5.32 Å². The van der Waals surface area contributed by atoms with Gasteiger partial charge in [-0.2, -0.15) is 12.6 Å². The molecule has 170 valence electrons. The third kappa shape index (κ3) is 7.38. The molecule has 0 aliphatic heterocycles. The molecule has 31 heavy (non-hydrogen) atoms. The van der Waals surface area contributed by atoms with Gasteiger partial charge in [-0.3, -0.25) is 4.79 Å². The quantitative estimate of drug-likeness (QED) is 0.308. The Bertz CT molecular complexity index is 885. The standard InChI is InChI=1S/C23H32FN3O3S/c1-3-5-7-8-20(31)22(28)26-14-17-13-25-21(9-6-4-2)27(17)15-16-10-11-18(23(29)30)19(24)12-16/h10-13,20,31H,3-9,14-15H2,1-2H3,(H,26,28)(H,29,30). The summed E-state index contributed by atoms with van der Waals surface area (Å²) in [7, 11) is 0. The topological polar surface area (TPSA) is 84.2 Å². The number of aromatic nitrogens is 2. The molecule has 0 spiro atoms. The molecule has 1 aromatic heterocycles. The summed E-state index contributed by atoms with van der Waals surface area (Å²) in [5, 5.41) is 11.6. The van der Waals surface area contributed by atoms with E-state index < -0.39 is 11.8 Å². The second kappa shape index (κ2) is 12.5. The average Bonchev–Trinajstić information content (AvgIpc) is 3.11. The summed E-state index contributed by atoms with van der Waals surface area (Å²) in [5.74, 6) is -1.31. The van der Waals surface area contributed by atoms with E-state index in [0.717, 1.165) is 56.5 Å². The first-order valence-electron chi connectivity index (χ1n) is 10.9. The fourth-order valence-electron chi connectivity index (χ4n) is 3.35. The van der Waals surface area contributed by atoms with E-state index in [-0.39, 0.29) is 16.7 Å². The Morgan fingerprint density at radius 1 is 1.23 bits per heavy atom. The minimum absolute atomic E-state index is 0.112. The molecule has 0 bridgehead atoms. The van der Waals surface area contributed by atoms with Crippen LogP contribution in [-0.4, -0.2) is 31.8 Å². The number of aryl methyl sites for hydroxylation is 1. The highest BCUT2D eigenvalue weighted by Crippen LogP contribution is 2.16. The largest absolute Gasteiger partial charge is 0.478 e. The predicted molar refractivity (Wildman–Crippen MR) is 122 cm³/mol. The van der Waals surface area contributed by atoms with Crippen LogP contribution in [0.1, 0.15) is 79.8 Å². The van der Waals surface area contributed by atoms with Gasteiger partial charge in [0, 0.05) is 13.0 Å². The molecule has 0 fully saturated rings. The summed E-state index contributed by atoms with van der Waals surface area (Å²) in [5.41, 5.74) is 1.10. The van der Waals surface area contributed by atoms with Gasteiger partial charge in [0.25, 0.3) is 0 Å². The summed E-state index contributed by atoms with van der Waals surface area (Å²) in [6.45, 7) is 4.87. The van der Waals surface area contributed by atoms with E-state index in [1.165, 1.54) is 12.1 Å². The van der Waals surface area contributed by atoms with Gasteiger partial charge in [0.1, 0.15) is 11.6 Å². The summed E-state index contributed by atoms with van der Waals surface area (Å²) in [4.78, 5) is 28.0. The van der Waals surface area contributed by atoms with E-state index >= 15 is 0 Å². The van der Waals surface area contributed by atoms with Crippen LogP contribution >= 0.6 is 12.6 Å². The van der Waals surface area contributed by atoms with Gasteiger partial charge in [-0.1, -0.05) is 45.6 Å². The summed E-state index contributed by atoms with van der Waals surface area (Å²) >= 11 is 4.41. The molecule has 0 saturated carbocycles. The van der Waals surface area contributed by atoms with Gasteiger partial charge in [0.05, 0.1) is 29.2 Å². The molecule has 0 saturated heterocycles. The number of aromatic carboxylic acids is 1. The maximum absolute atomic E-state index is 14.1. The number of benzene rings is 1. The number of rotatable bonds is 13. The lowest BCUT2D eigenvalue weighted by molar-refractivity contribution is -0.120. The predicted octanol–water partition coefficient (Wildman–Crippen LogP) is 4.61. The minimum atomic E-state index is -1.29. The van der Waals surface area contributed by atoms with Gasteiger partial charge in [0.15, 0.2) is 0 Å². The van der Waals surface area contributed by atoms with Crippen LogP contribution in [0.15, 0.2) is 24.4 Å². The highest BCUT2D eigenvalue weighted by Gasteiger charge is 2.17. The van der Waals surface area contributed by atoms with E-state index in [4.69, 9.17) is 5.11 Å². The van der Waals surface area contributed by atoms with E-state index in [9.17, 15) is 14.0 Å². The SMILES string of the molecule is CCCCCC(S)C(=O)NCc1cnc(CCCC)n1Cc1ccc(C(=O)O)c(F)c1. The summed E-state index contributed by atoms with van der Waals surface area (Å²) in [6, 6.07) is 4.13. The van der Waals surface area contributed by atoms with E-state index in [1.807, 2.05) is 4.57 Å². The highest BCUT2D eigenvalue weighted by molar-refractivity contribution is 7.81. The molecule has 0 aliphatic carbocycles. The van der Waals surface area contributed by atoms with Crippen LogP contribution in [0.4, 0.5) is 4.39 Å². The average molecular weight is 450 g/mol. The molecule has 2 N–H and O–H groups in total. The van der Waals surface area contributed by atoms with Crippen molar-refractivity contribution in [1.29, 1.82) is 0 Å². The monoisotopic (exact) mass is 449 g/mol. The normalized spacial score (nSPS) is 12.0. The van der Waals surface area contributed by atoms with Gasteiger partial charge < -0.3 is 15.0 Å². The van der Waals surface area contributed by atoms with Crippen molar-refractivity contribution >= 4 is 24.5 Å².